The van der Waals surface area contributed by atoms with Crippen LogP contribution in [-0.2, 0) is 10.9 Å². The molecule has 0 aromatic carbocycles. The highest BCUT2D eigenvalue weighted by molar-refractivity contribution is 5.14. The van der Waals surface area contributed by atoms with Crippen LogP contribution >= 0.6 is 0 Å². The summed E-state index contributed by atoms with van der Waals surface area (Å²) in [6, 6.07) is 2.07. The van der Waals surface area contributed by atoms with Crippen LogP contribution in [0.3, 0.4) is 0 Å². The molecule has 0 amide bonds. The first-order chi connectivity index (χ1) is 9.97. The summed E-state index contributed by atoms with van der Waals surface area (Å²) < 4.78 is 48.6. The summed E-state index contributed by atoms with van der Waals surface area (Å²) in [5, 5.41) is 9.90. The maximum Gasteiger partial charge on any atom is 0.435 e. The molecule has 3 rings (SSSR count). The Labute approximate surface area is 119 Å². The highest BCUT2D eigenvalue weighted by atomic mass is 19.4. The average Bonchev–Trinajstić information content (AvgIpc) is 2.82. The zero-order chi connectivity index (χ0) is 14.9. The molecule has 2 fully saturated rings. The van der Waals surface area contributed by atoms with E-state index in [1.165, 1.54) is 6.07 Å². The number of ether oxygens (including phenoxy) is 2. The molecule has 2 aliphatic heterocycles. The fourth-order valence-corrected chi connectivity index (χ4v) is 2.81. The molecule has 21 heavy (non-hydrogen) atoms. The van der Waals surface area contributed by atoms with Gasteiger partial charge in [0.1, 0.15) is 6.10 Å². The monoisotopic (exact) mass is 303 g/mol. The van der Waals surface area contributed by atoms with E-state index in [0.29, 0.717) is 6.61 Å². The topological polar surface area (TPSA) is 56.3 Å². The van der Waals surface area contributed by atoms with Gasteiger partial charge in [-0.1, -0.05) is 0 Å². The molecule has 8 heteroatoms. The minimum atomic E-state index is -4.48. The first-order valence-corrected chi connectivity index (χ1v) is 6.89. The number of alkyl halides is 3. The first-order valence-electron chi connectivity index (χ1n) is 6.89. The summed E-state index contributed by atoms with van der Waals surface area (Å²) >= 11 is 0. The van der Waals surface area contributed by atoms with E-state index in [4.69, 9.17) is 9.47 Å². The molecular weight excluding hydrogens is 287 g/mol. The molecule has 0 radical (unpaired) electrons. The molecule has 3 heterocycles. The Morgan fingerprint density at radius 3 is 2.62 bits per heavy atom. The van der Waals surface area contributed by atoms with E-state index >= 15 is 0 Å². The van der Waals surface area contributed by atoms with E-state index in [2.05, 4.69) is 15.5 Å². The molecule has 116 valence electrons. The number of piperidine rings is 1. The van der Waals surface area contributed by atoms with Gasteiger partial charge >= 0.3 is 6.18 Å². The van der Waals surface area contributed by atoms with Crippen LogP contribution in [-0.4, -0.2) is 41.6 Å². The predicted molar refractivity (Wildman–Crippen MR) is 66.9 cm³/mol. The summed E-state index contributed by atoms with van der Waals surface area (Å²) in [7, 11) is 0. The van der Waals surface area contributed by atoms with Crippen molar-refractivity contribution in [1.82, 2.24) is 15.5 Å². The fraction of sp³-hybridized carbons (Fsp3) is 0.692. The van der Waals surface area contributed by atoms with Crippen molar-refractivity contribution in [2.45, 2.75) is 37.1 Å². The van der Waals surface area contributed by atoms with Gasteiger partial charge in [-0.15, -0.1) is 10.2 Å². The van der Waals surface area contributed by atoms with Crippen molar-refractivity contribution in [3.8, 4) is 5.88 Å². The van der Waals surface area contributed by atoms with Crippen LogP contribution in [0.5, 0.6) is 5.88 Å². The Balaban J connectivity index is 1.60. The molecule has 1 N–H and O–H groups in total. The molecule has 0 saturated carbocycles. The molecule has 1 aromatic heterocycles. The van der Waals surface area contributed by atoms with Gasteiger partial charge in [0.15, 0.2) is 5.69 Å². The molecule has 1 aromatic rings. The van der Waals surface area contributed by atoms with Crippen molar-refractivity contribution in [2.24, 2.45) is 0 Å². The van der Waals surface area contributed by atoms with E-state index in [-0.39, 0.29) is 17.6 Å². The van der Waals surface area contributed by atoms with Gasteiger partial charge in [-0.25, -0.2) is 0 Å². The van der Waals surface area contributed by atoms with Crippen LogP contribution in [0.25, 0.3) is 0 Å². The standard InChI is InChI=1S/C13H16F3N3O2/c14-13(15,16)10-1-2-11(19-18-10)21-9-7-12(20-8-9)3-5-17-6-4-12/h1-2,9,17H,3-8H2. The maximum atomic E-state index is 12.4. The largest absolute Gasteiger partial charge is 0.471 e. The van der Waals surface area contributed by atoms with E-state index < -0.39 is 11.9 Å². The Morgan fingerprint density at radius 1 is 1.24 bits per heavy atom. The lowest BCUT2D eigenvalue weighted by molar-refractivity contribution is -0.141. The summed E-state index contributed by atoms with van der Waals surface area (Å²) in [5.41, 5.74) is -1.18. The second-order valence-electron chi connectivity index (χ2n) is 5.44. The maximum absolute atomic E-state index is 12.4. The molecule has 5 nitrogen and oxygen atoms in total. The number of hydrogen-bond donors (Lipinski definition) is 1. The lowest BCUT2D eigenvalue weighted by Gasteiger charge is -2.32. The van der Waals surface area contributed by atoms with E-state index in [1.54, 1.807) is 0 Å². The second kappa shape index (κ2) is 5.42. The van der Waals surface area contributed by atoms with Gasteiger partial charge in [-0.2, -0.15) is 13.2 Å². The van der Waals surface area contributed by atoms with Crippen molar-refractivity contribution < 1.29 is 22.6 Å². The molecule has 0 bridgehead atoms. The van der Waals surface area contributed by atoms with Crippen LogP contribution in [0.1, 0.15) is 25.0 Å². The molecule has 2 aliphatic rings. The van der Waals surface area contributed by atoms with Crippen LogP contribution < -0.4 is 10.1 Å². The SMILES string of the molecule is FC(F)(F)c1ccc(OC2COC3(CCNCC3)C2)nn1. The third-order valence-corrected chi connectivity index (χ3v) is 3.91. The van der Waals surface area contributed by atoms with Gasteiger partial charge in [0, 0.05) is 12.5 Å². The van der Waals surface area contributed by atoms with Crippen molar-refractivity contribution in [3.63, 3.8) is 0 Å². The van der Waals surface area contributed by atoms with Crippen molar-refractivity contribution in [3.05, 3.63) is 17.8 Å². The van der Waals surface area contributed by atoms with Crippen LogP contribution in [0, 0.1) is 0 Å². The number of nitrogens with zero attached hydrogens (tertiary/aromatic N) is 2. The highest BCUT2D eigenvalue weighted by Crippen LogP contribution is 2.35. The number of nitrogens with one attached hydrogen (secondary N) is 1. The van der Waals surface area contributed by atoms with Gasteiger partial charge in [0.2, 0.25) is 5.88 Å². The van der Waals surface area contributed by atoms with Gasteiger partial charge in [-0.3, -0.25) is 0 Å². The fourth-order valence-electron chi connectivity index (χ4n) is 2.81. The molecule has 1 atom stereocenters. The average molecular weight is 303 g/mol. The van der Waals surface area contributed by atoms with E-state index in [1.807, 2.05) is 0 Å². The number of aromatic nitrogens is 2. The Bertz CT molecular complexity index is 486. The summed E-state index contributed by atoms with van der Waals surface area (Å²) in [4.78, 5) is 0. The van der Waals surface area contributed by atoms with Gasteiger partial charge < -0.3 is 14.8 Å². The highest BCUT2D eigenvalue weighted by Gasteiger charge is 2.42. The lowest BCUT2D eigenvalue weighted by Crippen LogP contribution is -2.41. The zero-order valence-electron chi connectivity index (χ0n) is 11.3. The van der Waals surface area contributed by atoms with Crippen molar-refractivity contribution in [1.29, 1.82) is 0 Å². The third-order valence-electron chi connectivity index (χ3n) is 3.91. The predicted octanol–water partition coefficient (Wildman–Crippen LogP) is 1.79. The Kier molecular flexibility index (Phi) is 3.75. The molecule has 0 aliphatic carbocycles. The minimum Gasteiger partial charge on any atom is -0.471 e. The Hall–Kier alpha value is -1.41. The molecule has 2 saturated heterocycles. The normalized spacial score (nSPS) is 25.2. The van der Waals surface area contributed by atoms with Gasteiger partial charge in [-0.05, 0) is 32.0 Å². The van der Waals surface area contributed by atoms with Crippen LogP contribution in [0.15, 0.2) is 12.1 Å². The number of hydrogen-bond acceptors (Lipinski definition) is 5. The van der Waals surface area contributed by atoms with Crippen LogP contribution in [0.4, 0.5) is 13.2 Å². The molecular formula is C13H16F3N3O2. The third kappa shape index (κ3) is 3.26. The zero-order valence-corrected chi connectivity index (χ0v) is 11.3. The number of halogens is 3. The van der Waals surface area contributed by atoms with Crippen molar-refractivity contribution in [2.75, 3.05) is 19.7 Å². The lowest BCUT2D eigenvalue weighted by atomic mass is 9.89. The van der Waals surface area contributed by atoms with Gasteiger partial charge in [0.25, 0.3) is 0 Å². The quantitative estimate of drug-likeness (QED) is 0.902. The summed E-state index contributed by atoms with van der Waals surface area (Å²) in [6.45, 7) is 2.25. The van der Waals surface area contributed by atoms with Crippen molar-refractivity contribution >= 4 is 0 Å². The Morgan fingerprint density at radius 2 is 2.00 bits per heavy atom. The van der Waals surface area contributed by atoms with Gasteiger partial charge in [0.05, 0.1) is 12.2 Å². The smallest absolute Gasteiger partial charge is 0.435 e. The number of rotatable bonds is 2. The van der Waals surface area contributed by atoms with E-state index in [0.717, 1.165) is 38.4 Å². The van der Waals surface area contributed by atoms with Crippen LogP contribution in [0.2, 0.25) is 0 Å². The molecule has 1 unspecified atom stereocenters. The summed E-state index contributed by atoms with van der Waals surface area (Å²) in [5.74, 6) is 0.0996. The minimum absolute atomic E-state index is 0.0996. The van der Waals surface area contributed by atoms with E-state index in [9.17, 15) is 13.2 Å². The first kappa shape index (κ1) is 14.5. The second-order valence-corrected chi connectivity index (χ2v) is 5.44. The molecule has 1 spiro atoms. The summed E-state index contributed by atoms with van der Waals surface area (Å²) in [6.07, 6.45) is -2.09.